The molecule has 0 bridgehead atoms. The molecule has 1 aromatic rings. The molecule has 0 amide bonds. The minimum Gasteiger partial charge on any atom is -0.383 e. The molecular weight excluding hydrogens is 160 g/mol. The van der Waals surface area contributed by atoms with Crippen LogP contribution in [0.15, 0.2) is 12.3 Å². The van der Waals surface area contributed by atoms with Gasteiger partial charge in [-0.3, -0.25) is 4.98 Å². The summed E-state index contributed by atoms with van der Waals surface area (Å²) in [4.78, 5) is 4.18. The van der Waals surface area contributed by atoms with Gasteiger partial charge in [-0.15, -0.1) is 11.6 Å². The van der Waals surface area contributed by atoms with Crippen molar-refractivity contribution >= 4 is 17.3 Å². The van der Waals surface area contributed by atoms with Gasteiger partial charge in [0.25, 0.3) is 0 Å². The lowest BCUT2D eigenvalue weighted by molar-refractivity contribution is 1.04. The summed E-state index contributed by atoms with van der Waals surface area (Å²) in [5.41, 5.74) is 3.29. The third-order valence-corrected chi connectivity index (χ3v) is 2.27. The molecule has 0 aliphatic carbocycles. The molecule has 1 aromatic heterocycles. The van der Waals surface area contributed by atoms with Gasteiger partial charge in [-0.25, -0.2) is 0 Å². The van der Waals surface area contributed by atoms with Crippen LogP contribution < -0.4 is 5.32 Å². The number of rotatable bonds is 0. The molecule has 0 spiro atoms. The highest BCUT2D eigenvalue weighted by molar-refractivity contribution is 6.22. The standard InChI is InChI=1S/C8H9ClN2/c1-5-2-8-6(3-10-5)7(9)4-11-8/h2-3,7,11H,4H2,1H3. The molecule has 2 heterocycles. The van der Waals surface area contributed by atoms with Crippen molar-refractivity contribution in [3.8, 4) is 0 Å². The Balaban J connectivity index is 2.50. The summed E-state index contributed by atoms with van der Waals surface area (Å²) in [5, 5.41) is 3.31. The molecule has 2 nitrogen and oxygen atoms in total. The van der Waals surface area contributed by atoms with E-state index in [4.69, 9.17) is 11.6 Å². The molecule has 0 saturated carbocycles. The van der Waals surface area contributed by atoms with E-state index in [2.05, 4.69) is 10.3 Å². The molecule has 11 heavy (non-hydrogen) atoms. The van der Waals surface area contributed by atoms with E-state index in [-0.39, 0.29) is 5.38 Å². The highest BCUT2D eigenvalue weighted by Gasteiger charge is 2.19. The van der Waals surface area contributed by atoms with Gasteiger partial charge in [0.1, 0.15) is 0 Å². The summed E-state index contributed by atoms with van der Waals surface area (Å²) in [7, 11) is 0. The lowest BCUT2D eigenvalue weighted by Gasteiger charge is -1.99. The summed E-state index contributed by atoms with van der Waals surface area (Å²) in [5.74, 6) is 0. The minimum absolute atomic E-state index is 0.0955. The summed E-state index contributed by atoms with van der Waals surface area (Å²) in [6, 6.07) is 2.03. The molecule has 0 saturated heterocycles. The number of halogens is 1. The predicted octanol–water partition coefficient (Wildman–Crippen LogP) is 2.10. The first kappa shape index (κ1) is 6.92. The van der Waals surface area contributed by atoms with Crippen LogP contribution in [-0.2, 0) is 0 Å². The monoisotopic (exact) mass is 168 g/mol. The van der Waals surface area contributed by atoms with Gasteiger partial charge >= 0.3 is 0 Å². The third-order valence-electron chi connectivity index (χ3n) is 1.88. The number of fused-ring (bicyclic) bond motifs is 1. The van der Waals surface area contributed by atoms with Crippen LogP contribution in [-0.4, -0.2) is 11.5 Å². The van der Waals surface area contributed by atoms with Crippen LogP contribution in [0.5, 0.6) is 0 Å². The first-order valence-electron chi connectivity index (χ1n) is 3.62. The molecule has 58 valence electrons. The van der Waals surface area contributed by atoms with Gasteiger partial charge in [0.05, 0.1) is 5.38 Å². The number of pyridine rings is 1. The quantitative estimate of drug-likeness (QED) is 0.601. The smallest absolute Gasteiger partial charge is 0.0792 e. The van der Waals surface area contributed by atoms with E-state index >= 15 is 0 Å². The van der Waals surface area contributed by atoms with Crippen molar-refractivity contribution < 1.29 is 0 Å². The lowest BCUT2D eigenvalue weighted by Crippen LogP contribution is -1.93. The van der Waals surface area contributed by atoms with Gasteiger partial charge in [0.2, 0.25) is 0 Å². The van der Waals surface area contributed by atoms with Crippen LogP contribution in [0.4, 0.5) is 5.69 Å². The first-order chi connectivity index (χ1) is 5.27. The Hall–Kier alpha value is -0.760. The van der Waals surface area contributed by atoms with E-state index in [1.54, 1.807) is 0 Å². The zero-order chi connectivity index (χ0) is 7.84. The lowest BCUT2D eigenvalue weighted by atomic mass is 10.2. The fraction of sp³-hybridized carbons (Fsp3) is 0.375. The fourth-order valence-electron chi connectivity index (χ4n) is 1.28. The number of hydrogen-bond acceptors (Lipinski definition) is 2. The van der Waals surface area contributed by atoms with Crippen molar-refractivity contribution in [2.75, 3.05) is 11.9 Å². The van der Waals surface area contributed by atoms with Crippen LogP contribution >= 0.6 is 11.6 Å². The summed E-state index contributed by atoms with van der Waals surface area (Å²) < 4.78 is 0. The van der Waals surface area contributed by atoms with Crippen molar-refractivity contribution in [1.29, 1.82) is 0 Å². The van der Waals surface area contributed by atoms with E-state index in [0.29, 0.717) is 0 Å². The van der Waals surface area contributed by atoms with Crippen molar-refractivity contribution in [1.82, 2.24) is 4.98 Å². The molecule has 3 heteroatoms. The van der Waals surface area contributed by atoms with Gasteiger partial charge in [0, 0.05) is 29.7 Å². The van der Waals surface area contributed by atoms with Crippen LogP contribution in [0.3, 0.4) is 0 Å². The Morgan fingerprint density at radius 3 is 3.36 bits per heavy atom. The Morgan fingerprint density at radius 1 is 1.73 bits per heavy atom. The van der Waals surface area contributed by atoms with E-state index in [1.165, 1.54) is 0 Å². The number of nitrogens with zero attached hydrogens (tertiary/aromatic N) is 1. The van der Waals surface area contributed by atoms with Gasteiger partial charge in [-0.2, -0.15) is 0 Å². The highest BCUT2D eigenvalue weighted by atomic mass is 35.5. The number of anilines is 1. The van der Waals surface area contributed by atoms with Gasteiger partial charge in [0.15, 0.2) is 0 Å². The zero-order valence-electron chi connectivity index (χ0n) is 6.26. The van der Waals surface area contributed by atoms with E-state index in [1.807, 2.05) is 19.2 Å². The first-order valence-corrected chi connectivity index (χ1v) is 4.05. The van der Waals surface area contributed by atoms with Crippen molar-refractivity contribution in [2.24, 2.45) is 0 Å². The van der Waals surface area contributed by atoms with E-state index in [0.717, 1.165) is 23.5 Å². The van der Waals surface area contributed by atoms with Crippen molar-refractivity contribution in [3.63, 3.8) is 0 Å². The average molecular weight is 169 g/mol. The second-order valence-electron chi connectivity index (χ2n) is 2.76. The maximum Gasteiger partial charge on any atom is 0.0792 e. The van der Waals surface area contributed by atoms with Crippen LogP contribution in [0, 0.1) is 6.92 Å². The van der Waals surface area contributed by atoms with Crippen LogP contribution in [0.1, 0.15) is 16.6 Å². The molecule has 2 rings (SSSR count). The second kappa shape index (κ2) is 2.38. The fourth-order valence-corrected chi connectivity index (χ4v) is 1.53. The van der Waals surface area contributed by atoms with Crippen molar-refractivity contribution in [3.05, 3.63) is 23.5 Å². The van der Waals surface area contributed by atoms with E-state index < -0.39 is 0 Å². The van der Waals surface area contributed by atoms with Gasteiger partial charge < -0.3 is 5.32 Å². The average Bonchev–Trinajstić information content (AvgIpc) is 2.32. The minimum atomic E-state index is 0.0955. The molecule has 1 atom stereocenters. The molecule has 1 unspecified atom stereocenters. The number of aromatic nitrogens is 1. The molecule has 0 fully saturated rings. The number of aryl methyl sites for hydroxylation is 1. The van der Waals surface area contributed by atoms with Gasteiger partial charge in [-0.1, -0.05) is 0 Å². The second-order valence-corrected chi connectivity index (χ2v) is 3.29. The summed E-state index contributed by atoms with van der Waals surface area (Å²) in [6.07, 6.45) is 1.85. The molecule has 0 aromatic carbocycles. The molecular formula is C8H9ClN2. The summed E-state index contributed by atoms with van der Waals surface area (Å²) in [6.45, 7) is 2.80. The maximum absolute atomic E-state index is 5.99. The Labute approximate surface area is 70.6 Å². The Bertz CT molecular complexity index is 285. The number of nitrogens with one attached hydrogen (secondary N) is 1. The summed E-state index contributed by atoms with van der Waals surface area (Å²) >= 11 is 5.99. The molecule has 1 aliphatic rings. The predicted molar refractivity (Wildman–Crippen MR) is 46.1 cm³/mol. The van der Waals surface area contributed by atoms with Gasteiger partial charge in [-0.05, 0) is 13.0 Å². The largest absolute Gasteiger partial charge is 0.383 e. The molecule has 0 radical (unpaired) electrons. The number of alkyl halides is 1. The normalized spacial score (nSPS) is 21.1. The maximum atomic E-state index is 5.99. The van der Waals surface area contributed by atoms with E-state index in [9.17, 15) is 0 Å². The SMILES string of the molecule is Cc1cc2c(cn1)C(Cl)CN2. The topological polar surface area (TPSA) is 24.9 Å². The van der Waals surface area contributed by atoms with Crippen LogP contribution in [0.25, 0.3) is 0 Å². The number of hydrogen-bond donors (Lipinski definition) is 1. The molecule has 1 N–H and O–H groups in total. The Kier molecular flexibility index (Phi) is 1.50. The Morgan fingerprint density at radius 2 is 2.55 bits per heavy atom. The van der Waals surface area contributed by atoms with Crippen molar-refractivity contribution in [2.45, 2.75) is 12.3 Å². The molecule has 1 aliphatic heterocycles. The highest BCUT2D eigenvalue weighted by Crippen LogP contribution is 2.33. The zero-order valence-corrected chi connectivity index (χ0v) is 7.02. The third kappa shape index (κ3) is 1.07. The van der Waals surface area contributed by atoms with Crippen LogP contribution in [0.2, 0.25) is 0 Å².